The summed E-state index contributed by atoms with van der Waals surface area (Å²) in [7, 11) is 0. The molecule has 5 N–H and O–H groups in total. The molecule has 1 aliphatic rings. The molecule has 0 saturated carbocycles. The zero-order chi connectivity index (χ0) is 27.0. The normalized spacial score (nSPS) is 15.1. The molecule has 1 saturated heterocycles. The van der Waals surface area contributed by atoms with Crippen LogP contribution in [0.15, 0.2) is 45.3 Å². The van der Waals surface area contributed by atoms with E-state index < -0.39 is 22.9 Å². The molecule has 1 aromatic carbocycles. The Hall–Kier alpha value is -3.84. The standard InChI is InChI=1S/C24H26ClN9O3S/c1-3-24(2)7-10-33(11-8-24)23-29-17(26)20(31-32-23)38-14-6-4-5-13(16(14)25)28-18(35)15-19(36)30-22-27-9-12-34(22)21(15)37/h4-6,9,12,37H,3,7-8,10-11H2,1-2H3,(H,28,35)(H2,26,29,32)(H,27,30,36). The topological polar surface area (TPSA) is 167 Å². The van der Waals surface area contributed by atoms with Crippen molar-refractivity contribution in [2.75, 3.05) is 29.0 Å². The number of nitrogen functional groups attached to an aromatic ring is 1. The summed E-state index contributed by atoms with van der Waals surface area (Å²) >= 11 is 7.73. The molecule has 0 bridgehead atoms. The molecule has 3 aromatic heterocycles. The summed E-state index contributed by atoms with van der Waals surface area (Å²) in [6.07, 6.45) is 6.04. The van der Waals surface area contributed by atoms with E-state index >= 15 is 0 Å². The van der Waals surface area contributed by atoms with Crippen LogP contribution in [0.3, 0.4) is 0 Å². The number of carbonyl (C=O) groups excluding carboxylic acids is 1. The maximum absolute atomic E-state index is 12.9. The quantitative estimate of drug-likeness (QED) is 0.276. The van der Waals surface area contributed by atoms with Gasteiger partial charge in [0.25, 0.3) is 11.5 Å². The predicted molar refractivity (Wildman–Crippen MR) is 145 cm³/mol. The van der Waals surface area contributed by atoms with E-state index in [2.05, 4.69) is 49.2 Å². The number of rotatable bonds is 6. The van der Waals surface area contributed by atoms with E-state index in [0.717, 1.165) is 44.1 Å². The number of nitrogens with zero attached hydrogens (tertiary/aromatic N) is 6. The number of aromatic nitrogens is 6. The summed E-state index contributed by atoms with van der Waals surface area (Å²) in [5.74, 6) is -0.549. The van der Waals surface area contributed by atoms with Crippen molar-refractivity contribution < 1.29 is 9.90 Å². The van der Waals surface area contributed by atoms with E-state index in [1.54, 1.807) is 18.2 Å². The molecule has 4 heterocycles. The first-order valence-corrected chi connectivity index (χ1v) is 13.2. The number of aromatic amines is 1. The number of piperidine rings is 1. The Kier molecular flexibility index (Phi) is 6.88. The summed E-state index contributed by atoms with van der Waals surface area (Å²) in [4.78, 5) is 38.7. The summed E-state index contributed by atoms with van der Waals surface area (Å²) in [5.41, 5.74) is 5.52. The Morgan fingerprint density at radius 1 is 1.32 bits per heavy atom. The highest BCUT2D eigenvalue weighted by atomic mass is 35.5. The van der Waals surface area contributed by atoms with Crippen molar-refractivity contribution in [1.82, 2.24) is 29.5 Å². The minimum Gasteiger partial charge on any atom is -0.493 e. The number of anilines is 3. The highest BCUT2D eigenvalue weighted by molar-refractivity contribution is 7.99. The lowest BCUT2D eigenvalue weighted by molar-refractivity contribution is 0.102. The van der Waals surface area contributed by atoms with Gasteiger partial charge in [0.15, 0.2) is 16.4 Å². The highest BCUT2D eigenvalue weighted by Crippen LogP contribution is 2.39. The average Bonchev–Trinajstić information content (AvgIpc) is 3.37. The fraction of sp³-hybridized carbons (Fsp3) is 0.333. The van der Waals surface area contributed by atoms with E-state index in [1.165, 1.54) is 16.8 Å². The fourth-order valence-electron chi connectivity index (χ4n) is 4.26. The molecule has 198 valence electrons. The molecule has 38 heavy (non-hydrogen) atoms. The zero-order valence-corrected chi connectivity index (χ0v) is 22.3. The van der Waals surface area contributed by atoms with Crippen molar-refractivity contribution in [2.24, 2.45) is 5.41 Å². The minimum absolute atomic E-state index is 0.110. The summed E-state index contributed by atoms with van der Waals surface area (Å²) < 4.78 is 1.19. The van der Waals surface area contributed by atoms with Crippen molar-refractivity contribution in [3.8, 4) is 5.88 Å². The van der Waals surface area contributed by atoms with Crippen molar-refractivity contribution in [3.63, 3.8) is 0 Å². The maximum atomic E-state index is 12.9. The van der Waals surface area contributed by atoms with Crippen molar-refractivity contribution in [3.05, 3.63) is 51.5 Å². The van der Waals surface area contributed by atoms with E-state index in [4.69, 9.17) is 17.3 Å². The van der Waals surface area contributed by atoms with Crippen molar-refractivity contribution in [2.45, 2.75) is 43.0 Å². The second-order valence-corrected chi connectivity index (χ2v) is 10.8. The summed E-state index contributed by atoms with van der Waals surface area (Å²) in [6.45, 7) is 6.21. The van der Waals surface area contributed by atoms with Crippen molar-refractivity contribution in [1.29, 1.82) is 0 Å². The first-order valence-electron chi connectivity index (χ1n) is 12.0. The smallest absolute Gasteiger partial charge is 0.269 e. The van der Waals surface area contributed by atoms with Gasteiger partial charge in [0.05, 0.1) is 10.7 Å². The summed E-state index contributed by atoms with van der Waals surface area (Å²) in [6, 6.07) is 4.98. The molecule has 0 unspecified atom stereocenters. The number of aromatic hydroxyl groups is 1. The summed E-state index contributed by atoms with van der Waals surface area (Å²) in [5, 5.41) is 22.2. The molecule has 1 aliphatic heterocycles. The van der Waals surface area contributed by atoms with E-state index in [1.807, 2.05) is 0 Å². The number of nitrogens with two attached hydrogens (primary N) is 1. The van der Waals surface area contributed by atoms with Crippen LogP contribution in [-0.2, 0) is 0 Å². The number of imidazole rings is 1. The molecule has 5 rings (SSSR count). The van der Waals surface area contributed by atoms with Crippen LogP contribution in [0.25, 0.3) is 5.78 Å². The number of amides is 1. The highest BCUT2D eigenvalue weighted by Gasteiger charge is 2.30. The molecule has 0 spiro atoms. The lowest BCUT2D eigenvalue weighted by Crippen LogP contribution is -2.39. The Labute approximate surface area is 226 Å². The van der Waals surface area contributed by atoms with Gasteiger partial charge < -0.3 is 21.1 Å². The number of hydrogen-bond acceptors (Lipinski definition) is 10. The lowest BCUT2D eigenvalue weighted by atomic mass is 9.78. The van der Waals surface area contributed by atoms with Crippen LogP contribution in [0.5, 0.6) is 5.88 Å². The van der Waals surface area contributed by atoms with Gasteiger partial charge in [-0.3, -0.25) is 19.0 Å². The molecular weight excluding hydrogens is 530 g/mol. The Morgan fingerprint density at radius 2 is 2.08 bits per heavy atom. The van der Waals surface area contributed by atoms with Crippen LogP contribution in [0.4, 0.5) is 17.5 Å². The number of benzene rings is 1. The lowest BCUT2D eigenvalue weighted by Gasteiger charge is -2.38. The number of hydrogen-bond donors (Lipinski definition) is 4. The molecule has 0 atom stereocenters. The van der Waals surface area contributed by atoms with Crippen LogP contribution < -0.4 is 21.5 Å². The molecular formula is C24H26ClN9O3S. The van der Waals surface area contributed by atoms with Gasteiger partial charge >= 0.3 is 0 Å². The number of halogens is 1. The third kappa shape index (κ3) is 4.86. The third-order valence-electron chi connectivity index (χ3n) is 6.97. The minimum atomic E-state index is -0.838. The molecule has 14 heteroatoms. The van der Waals surface area contributed by atoms with Crippen LogP contribution >= 0.6 is 23.4 Å². The number of nitrogens with one attached hydrogen (secondary N) is 2. The van der Waals surface area contributed by atoms with Gasteiger partial charge in [0.2, 0.25) is 17.6 Å². The van der Waals surface area contributed by atoms with E-state index in [-0.39, 0.29) is 22.3 Å². The number of fused-ring (bicyclic) bond motifs is 1. The van der Waals surface area contributed by atoms with Crippen LogP contribution in [0, 0.1) is 5.41 Å². The van der Waals surface area contributed by atoms with E-state index in [0.29, 0.717) is 21.3 Å². The van der Waals surface area contributed by atoms with Crippen molar-refractivity contribution >= 4 is 52.5 Å². The molecule has 1 amide bonds. The zero-order valence-electron chi connectivity index (χ0n) is 20.7. The molecule has 12 nitrogen and oxygen atoms in total. The monoisotopic (exact) mass is 555 g/mol. The third-order valence-corrected chi connectivity index (χ3v) is 8.53. The molecule has 4 aromatic rings. The first kappa shape index (κ1) is 25.8. The number of carbonyl (C=O) groups is 1. The second-order valence-electron chi connectivity index (χ2n) is 9.40. The van der Waals surface area contributed by atoms with Gasteiger partial charge in [-0.15, -0.1) is 10.2 Å². The molecule has 0 aliphatic carbocycles. The second kappa shape index (κ2) is 10.1. The molecule has 1 fully saturated rings. The van der Waals surface area contributed by atoms with Crippen LogP contribution in [-0.4, -0.2) is 53.7 Å². The van der Waals surface area contributed by atoms with Gasteiger partial charge in [-0.05, 0) is 30.4 Å². The number of H-pyrrole nitrogens is 1. The fourth-order valence-corrected chi connectivity index (χ4v) is 5.33. The van der Waals surface area contributed by atoms with Gasteiger partial charge in [-0.2, -0.15) is 4.98 Å². The maximum Gasteiger partial charge on any atom is 0.269 e. The largest absolute Gasteiger partial charge is 0.493 e. The Balaban J connectivity index is 1.33. The van der Waals surface area contributed by atoms with Crippen LogP contribution in [0.2, 0.25) is 5.02 Å². The van der Waals surface area contributed by atoms with Gasteiger partial charge in [-0.25, -0.2) is 4.98 Å². The SMILES string of the molecule is CCC1(C)CCN(c2nnc(Sc3cccc(NC(=O)c4c(O)n5ccnc5[nH]c4=O)c3Cl)c(N)n2)CC1. The average molecular weight is 556 g/mol. The van der Waals surface area contributed by atoms with E-state index in [9.17, 15) is 14.7 Å². The Morgan fingerprint density at radius 3 is 2.79 bits per heavy atom. The van der Waals surface area contributed by atoms with Gasteiger partial charge in [0, 0.05) is 30.4 Å². The van der Waals surface area contributed by atoms with Gasteiger partial charge in [0.1, 0.15) is 0 Å². The van der Waals surface area contributed by atoms with Gasteiger partial charge in [-0.1, -0.05) is 49.7 Å². The predicted octanol–water partition coefficient (Wildman–Crippen LogP) is 3.57. The Bertz CT molecular complexity index is 1580. The van der Waals surface area contributed by atoms with Crippen LogP contribution in [0.1, 0.15) is 43.5 Å². The first-order chi connectivity index (χ1) is 18.2. The molecule has 0 radical (unpaired) electrons.